The summed E-state index contributed by atoms with van der Waals surface area (Å²) < 4.78 is 11.5. The van der Waals surface area contributed by atoms with Gasteiger partial charge in [-0.1, -0.05) is 12.1 Å². The van der Waals surface area contributed by atoms with Crippen LogP contribution in [0.3, 0.4) is 0 Å². The maximum absolute atomic E-state index is 12.6. The van der Waals surface area contributed by atoms with Gasteiger partial charge in [0.1, 0.15) is 18.1 Å². The van der Waals surface area contributed by atoms with Crippen LogP contribution < -0.4 is 14.8 Å². The first-order valence-corrected chi connectivity index (χ1v) is 10.3. The second kappa shape index (κ2) is 11.1. The molecule has 1 amide bonds. The molecule has 0 aliphatic rings. The van der Waals surface area contributed by atoms with E-state index in [4.69, 9.17) is 9.47 Å². The molecule has 3 rings (SSSR count). The van der Waals surface area contributed by atoms with Crippen molar-refractivity contribution in [1.29, 1.82) is 0 Å². The Hall–Kier alpha value is -3.38. The zero-order valence-corrected chi connectivity index (χ0v) is 18.3. The second-order valence-corrected chi connectivity index (χ2v) is 7.61. The number of carbonyl (C=O) groups excluding carboxylic acids is 1. The number of hydrogen-bond donors (Lipinski definition) is 1. The van der Waals surface area contributed by atoms with Crippen LogP contribution in [-0.4, -0.2) is 43.0 Å². The minimum absolute atomic E-state index is 0.168. The van der Waals surface area contributed by atoms with E-state index in [-0.39, 0.29) is 5.91 Å². The molecule has 0 saturated heterocycles. The van der Waals surface area contributed by atoms with E-state index in [0.29, 0.717) is 24.5 Å². The Kier molecular flexibility index (Phi) is 8.01. The highest BCUT2D eigenvalue weighted by molar-refractivity contribution is 6.04. The topological polar surface area (TPSA) is 63.7 Å². The Morgan fingerprint density at radius 1 is 1.00 bits per heavy atom. The lowest BCUT2D eigenvalue weighted by Crippen LogP contribution is -2.15. The van der Waals surface area contributed by atoms with Crippen molar-refractivity contribution in [1.82, 2.24) is 9.88 Å². The van der Waals surface area contributed by atoms with Crippen LogP contribution in [0.2, 0.25) is 0 Å². The summed E-state index contributed by atoms with van der Waals surface area (Å²) in [7, 11) is 4.09. The highest BCUT2D eigenvalue weighted by Crippen LogP contribution is 2.18. The molecule has 0 fully saturated rings. The average Bonchev–Trinajstić information content (AvgIpc) is 2.77. The number of amides is 1. The number of pyridine rings is 1. The number of nitrogens with one attached hydrogen (secondary N) is 1. The van der Waals surface area contributed by atoms with Gasteiger partial charge in [0.15, 0.2) is 0 Å². The molecule has 31 heavy (non-hydrogen) atoms. The molecule has 3 aromatic rings. The van der Waals surface area contributed by atoms with E-state index < -0.39 is 0 Å². The molecule has 0 aliphatic carbocycles. The van der Waals surface area contributed by atoms with E-state index in [2.05, 4.69) is 15.2 Å². The molecule has 1 aromatic heterocycles. The first-order chi connectivity index (χ1) is 15.0. The summed E-state index contributed by atoms with van der Waals surface area (Å²) in [5.74, 6) is 1.32. The van der Waals surface area contributed by atoms with Gasteiger partial charge in [0.05, 0.1) is 12.8 Å². The molecular weight excluding hydrogens is 390 g/mol. The predicted octanol–water partition coefficient (Wildman–Crippen LogP) is 4.55. The van der Waals surface area contributed by atoms with Crippen LogP contribution in [0.15, 0.2) is 66.9 Å². The van der Waals surface area contributed by atoms with Crippen molar-refractivity contribution in [3.8, 4) is 11.5 Å². The molecule has 0 bridgehead atoms. The number of aryl methyl sites for hydroxylation is 1. The van der Waals surface area contributed by atoms with E-state index in [1.165, 1.54) is 0 Å². The van der Waals surface area contributed by atoms with E-state index in [0.717, 1.165) is 35.7 Å². The number of hydrogen-bond acceptors (Lipinski definition) is 5. The molecule has 0 aliphatic heterocycles. The highest BCUT2D eigenvalue weighted by atomic mass is 16.5. The van der Waals surface area contributed by atoms with Crippen molar-refractivity contribution < 1.29 is 14.3 Å². The fourth-order valence-corrected chi connectivity index (χ4v) is 2.92. The molecule has 0 radical (unpaired) electrons. The van der Waals surface area contributed by atoms with E-state index in [1.807, 2.05) is 75.6 Å². The van der Waals surface area contributed by atoms with E-state index in [1.54, 1.807) is 12.3 Å². The van der Waals surface area contributed by atoms with Gasteiger partial charge in [-0.2, -0.15) is 0 Å². The number of anilines is 1. The minimum Gasteiger partial charge on any atom is -0.494 e. The Balaban J connectivity index is 1.51. The first kappa shape index (κ1) is 22.3. The summed E-state index contributed by atoms with van der Waals surface area (Å²) in [5.41, 5.74) is 3.15. The summed E-state index contributed by atoms with van der Waals surface area (Å²) in [6.07, 6.45) is 2.66. The Labute approximate surface area is 183 Å². The number of ether oxygens (including phenoxy) is 2. The van der Waals surface area contributed by atoms with Crippen LogP contribution in [0.25, 0.3) is 0 Å². The third-order valence-corrected chi connectivity index (χ3v) is 4.61. The lowest BCUT2D eigenvalue weighted by atomic mass is 10.1. The SMILES string of the molecule is Cc1ccc(OCc2cccc(C(=O)Nc3ccc(OCCCN(C)C)cc3)c2)cn1. The average molecular weight is 420 g/mol. The van der Waals surface area contributed by atoms with Gasteiger partial charge >= 0.3 is 0 Å². The van der Waals surface area contributed by atoms with Crippen molar-refractivity contribution in [2.45, 2.75) is 20.0 Å². The molecule has 6 nitrogen and oxygen atoms in total. The van der Waals surface area contributed by atoms with Crippen LogP contribution in [0.4, 0.5) is 5.69 Å². The molecule has 2 aromatic carbocycles. The van der Waals surface area contributed by atoms with Crippen molar-refractivity contribution in [3.63, 3.8) is 0 Å². The van der Waals surface area contributed by atoms with Crippen LogP contribution in [0.5, 0.6) is 11.5 Å². The summed E-state index contributed by atoms with van der Waals surface area (Å²) in [5, 5.41) is 2.92. The van der Waals surface area contributed by atoms with Gasteiger partial charge in [0.2, 0.25) is 0 Å². The van der Waals surface area contributed by atoms with Crippen molar-refractivity contribution in [2.75, 3.05) is 32.6 Å². The van der Waals surface area contributed by atoms with Gasteiger partial charge in [-0.3, -0.25) is 9.78 Å². The minimum atomic E-state index is -0.168. The Bertz CT molecular complexity index is 970. The van der Waals surface area contributed by atoms with Gasteiger partial charge in [0.25, 0.3) is 5.91 Å². The second-order valence-electron chi connectivity index (χ2n) is 7.61. The quantitative estimate of drug-likeness (QED) is 0.489. The van der Waals surface area contributed by atoms with Crippen molar-refractivity contribution in [2.24, 2.45) is 0 Å². The fraction of sp³-hybridized carbons (Fsp3) is 0.280. The zero-order chi connectivity index (χ0) is 22.1. The van der Waals surface area contributed by atoms with Gasteiger partial charge in [0, 0.05) is 23.5 Å². The van der Waals surface area contributed by atoms with E-state index in [9.17, 15) is 4.79 Å². The summed E-state index contributed by atoms with van der Waals surface area (Å²) in [6.45, 7) is 3.95. The molecular formula is C25H29N3O3. The van der Waals surface area contributed by atoms with E-state index >= 15 is 0 Å². The lowest BCUT2D eigenvalue weighted by molar-refractivity contribution is 0.102. The van der Waals surface area contributed by atoms with Crippen LogP contribution in [0, 0.1) is 6.92 Å². The van der Waals surface area contributed by atoms with Gasteiger partial charge < -0.3 is 19.7 Å². The molecule has 1 heterocycles. The first-order valence-electron chi connectivity index (χ1n) is 10.3. The van der Waals surface area contributed by atoms with Crippen LogP contribution >= 0.6 is 0 Å². The summed E-state index contributed by atoms with van der Waals surface area (Å²) in [4.78, 5) is 19.0. The Morgan fingerprint density at radius 3 is 2.48 bits per heavy atom. The normalized spacial score (nSPS) is 10.7. The molecule has 0 spiro atoms. The molecule has 6 heteroatoms. The number of nitrogens with zero attached hydrogens (tertiary/aromatic N) is 2. The number of aromatic nitrogens is 1. The van der Waals surface area contributed by atoms with Crippen molar-refractivity contribution in [3.05, 3.63) is 83.7 Å². The highest BCUT2D eigenvalue weighted by Gasteiger charge is 2.08. The molecule has 0 saturated carbocycles. The van der Waals surface area contributed by atoms with Crippen LogP contribution in [-0.2, 0) is 6.61 Å². The molecule has 0 unspecified atom stereocenters. The number of benzene rings is 2. The smallest absolute Gasteiger partial charge is 0.255 e. The van der Waals surface area contributed by atoms with Gasteiger partial charge in [-0.15, -0.1) is 0 Å². The third kappa shape index (κ3) is 7.42. The van der Waals surface area contributed by atoms with Crippen molar-refractivity contribution >= 4 is 11.6 Å². The van der Waals surface area contributed by atoms with Crippen LogP contribution in [0.1, 0.15) is 28.0 Å². The number of rotatable bonds is 10. The molecule has 1 N–H and O–H groups in total. The maximum atomic E-state index is 12.6. The standard InChI is InChI=1S/C25H29N3O3/c1-19-8-11-24(17-26-19)31-18-20-6-4-7-21(16-20)25(29)27-22-9-12-23(13-10-22)30-15-5-14-28(2)3/h4,6-13,16-17H,5,14-15,18H2,1-3H3,(H,27,29). The maximum Gasteiger partial charge on any atom is 0.255 e. The fourth-order valence-electron chi connectivity index (χ4n) is 2.92. The van der Waals surface area contributed by atoms with Gasteiger partial charge in [-0.25, -0.2) is 0 Å². The zero-order valence-electron chi connectivity index (χ0n) is 18.3. The Morgan fingerprint density at radius 2 is 1.77 bits per heavy atom. The van der Waals surface area contributed by atoms with Gasteiger partial charge in [-0.05, 0) is 81.5 Å². The lowest BCUT2D eigenvalue weighted by Gasteiger charge is -2.11. The third-order valence-electron chi connectivity index (χ3n) is 4.61. The largest absolute Gasteiger partial charge is 0.494 e. The number of carbonyl (C=O) groups is 1. The monoisotopic (exact) mass is 419 g/mol. The molecule has 162 valence electrons. The molecule has 0 atom stereocenters. The summed E-state index contributed by atoms with van der Waals surface area (Å²) >= 11 is 0. The summed E-state index contributed by atoms with van der Waals surface area (Å²) in [6, 6.07) is 18.6. The predicted molar refractivity (Wildman–Crippen MR) is 123 cm³/mol.